The topological polar surface area (TPSA) is 66.9 Å². The lowest BCUT2D eigenvalue weighted by molar-refractivity contribution is 0.102. The number of rotatable bonds is 4. The average Bonchev–Trinajstić information content (AvgIpc) is 2.56. The monoisotopic (exact) mass is 372 g/mol. The predicted molar refractivity (Wildman–Crippen MR) is 101 cm³/mol. The molecule has 0 bridgehead atoms. The van der Waals surface area contributed by atoms with Gasteiger partial charge in [0.25, 0.3) is 5.91 Å². The first-order chi connectivity index (χ1) is 12.0. The molecule has 7 heteroatoms. The van der Waals surface area contributed by atoms with Crippen LogP contribution in [0.25, 0.3) is 0 Å². The number of nitrogens with zero attached hydrogens (tertiary/aromatic N) is 2. The van der Waals surface area contributed by atoms with Gasteiger partial charge in [0.1, 0.15) is 17.3 Å². The molecule has 1 amide bonds. The van der Waals surface area contributed by atoms with E-state index < -0.39 is 0 Å². The molecule has 0 aliphatic rings. The van der Waals surface area contributed by atoms with Gasteiger partial charge in [-0.3, -0.25) is 4.79 Å². The minimum atomic E-state index is -0.368. The zero-order valence-electron chi connectivity index (χ0n) is 13.3. The quantitative estimate of drug-likeness (QED) is 0.669. The highest BCUT2D eigenvalue weighted by Gasteiger charge is 2.12. The van der Waals surface area contributed by atoms with Crippen molar-refractivity contribution in [2.45, 2.75) is 6.92 Å². The number of hydrogen-bond acceptors (Lipinski definition) is 4. The Morgan fingerprint density at radius 2 is 1.80 bits per heavy atom. The third-order valence-corrected chi connectivity index (χ3v) is 3.85. The fourth-order valence-electron chi connectivity index (χ4n) is 2.21. The SMILES string of the molecule is Cc1nc(Nc2cccc(Cl)c2)cc(C(=O)Nc2ccccc2Cl)n1. The molecule has 2 aromatic carbocycles. The fraction of sp³-hybridized carbons (Fsp3) is 0.0556. The maximum absolute atomic E-state index is 12.5. The standard InChI is InChI=1S/C18H14Cl2N4O/c1-11-21-16(18(25)24-15-8-3-2-7-14(15)20)10-17(22-11)23-13-6-4-5-12(19)9-13/h2-10H,1H3,(H,24,25)(H,21,22,23). The van der Waals surface area contributed by atoms with Gasteiger partial charge in [0.2, 0.25) is 0 Å². The van der Waals surface area contributed by atoms with Gasteiger partial charge in [-0.05, 0) is 37.3 Å². The molecule has 25 heavy (non-hydrogen) atoms. The van der Waals surface area contributed by atoms with Gasteiger partial charge in [-0.2, -0.15) is 0 Å². The summed E-state index contributed by atoms with van der Waals surface area (Å²) in [6, 6.07) is 15.8. The second-order valence-corrected chi connectivity index (χ2v) is 6.10. The van der Waals surface area contributed by atoms with E-state index in [-0.39, 0.29) is 11.6 Å². The summed E-state index contributed by atoms with van der Waals surface area (Å²) in [5.41, 5.74) is 1.52. The molecule has 0 saturated heterocycles. The second-order valence-electron chi connectivity index (χ2n) is 5.25. The van der Waals surface area contributed by atoms with Crippen LogP contribution in [0.5, 0.6) is 0 Å². The van der Waals surface area contributed by atoms with Crippen LogP contribution in [0.15, 0.2) is 54.6 Å². The zero-order valence-corrected chi connectivity index (χ0v) is 14.8. The van der Waals surface area contributed by atoms with Crippen molar-refractivity contribution in [3.63, 3.8) is 0 Å². The molecule has 0 saturated carbocycles. The van der Waals surface area contributed by atoms with Crippen LogP contribution in [0.4, 0.5) is 17.2 Å². The van der Waals surface area contributed by atoms with Gasteiger partial charge in [-0.15, -0.1) is 0 Å². The number of anilines is 3. The molecule has 3 aromatic rings. The van der Waals surface area contributed by atoms with Gasteiger partial charge in [0.15, 0.2) is 0 Å². The predicted octanol–water partition coefficient (Wildman–Crippen LogP) is 5.09. The number of carbonyl (C=O) groups excluding carboxylic acids is 1. The van der Waals surface area contributed by atoms with Crippen LogP contribution in [0, 0.1) is 6.92 Å². The van der Waals surface area contributed by atoms with Crippen molar-refractivity contribution in [1.29, 1.82) is 0 Å². The number of para-hydroxylation sites is 1. The van der Waals surface area contributed by atoms with Crippen molar-refractivity contribution >= 4 is 46.3 Å². The number of carbonyl (C=O) groups is 1. The summed E-state index contributed by atoms with van der Waals surface area (Å²) < 4.78 is 0. The number of aromatic nitrogens is 2. The summed E-state index contributed by atoms with van der Waals surface area (Å²) in [7, 11) is 0. The fourth-order valence-corrected chi connectivity index (χ4v) is 2.58. The largest absolute Gasteiger partial charge is 0.340 e. The van der Waals surface area contributed by atoms with Crippen LogP contribution in [0.2, 0.25) is 10.0 Å². The third-order valence-electron chi connectivity index (χ3n) is 3.29. The first-order valence-corrected chi connectivity index (χ1v) is 8.21. The minimum absolute atomic E-state index is 0.233. The summed E-state index contributed by atoms with van der Waals surface area (Å²) in [6.45, 7) is 1.72. The first-order valence-electron chi connectivity index (χ1n) is 7.45. The maximum atomic E-state index is 12.5. The number of aryl methyl sites for hydroxylation is 1. The normalized spacial score (nSPS) is 10.4. The van der Waals surface area contributed by atoms with E-state index in [2.05, 4.69) is 20.6 Å². The number of amides is 1. The van der Waals surface area contributed by atoms with Crippen LogP contribution >= 0.6 is 23.2 Å². The molecule has 0 unspecified atom stereocenters. The third kappa shape index (κ3) is 4.47. The van der Waals surface area contributed by atoms with E-state index in [9.17, 15) is 4.79 Å². The molecule has 3 rings (SSSR count). The lowest BCUT2D eigenvalue weighted by atomic mass is 10.3. The number of nitrogens with one attached hydrogen (secondary N) is 2. The van der Waals surface area contributed by atoms with Crippen LogP contribution in [0.3, 0.4) is 0 Å². The molecule has 0 radical (unpaired) electrons. The maximum Gasteiger partial charge on any atom is 0.274 e. The molecule has 0 spiro atoms. The summed E-state index contributed by atoms with van der Waals surface area (Å²) >= 11 is 12.0. The highest BCUT2D eigenvalue weighted by molar-refractivity contribution is 6.33. The van der Waals surface area contributed by atoms with E-state index in [1.807, 2.05) is 12.1 Å². The molecule has 1 heterocycles. The van der Waals surface area contributed by atoms with E-state index in [1.165, 1.54) is 0 Å². The lowest BCUT2D eigenvalue weighted by Crippen LogP contribution is -2.15. The molecule has 0 aliphatic heterocycles. The molecule has 126 valence electrons. The Morgan fingerprint density at radius 1 is 1.00 bits per heavy atom. The van der Waals surface area contributed by atoms with Crippen molar-refractivity contribution in [2.24, 2.45) is 0 Å². The second kappa shape index (κ2) is 7.51. The van der Waals surface area contributed by atoms with E-state index in [4.69, 9.17) is 23.2 Å². The Bertz CT molecular complexity index is 930. The molecular weight excluding hydrogens is 359 g/mol. The van der Waals surface area contributed by atoms with Gasteiger partial charge in [0.05, 0.1) is 10.7 Å². The number of halogens is 2. The number of benzene rings is 2. The van der Waals surface area contributed by atoms with Crippen LogP contribution in [-0.2, 0) is 0 Å². The first kappa shape index (κ1) is 17.2. The Balaban J connectivity index is 1.83. The summed E-state index contributed by atoms with van der Waals surface area (Å²) in [6.07, 6.45) is 0. The van der Waals surface area contributed by atoms with Gasteiger partial charge >= 0.3 is 0 Å². The van der Waals surface area contributed by atoms with Gasteiger partial charge in [-0.1, -0.05) is 41.4 Å². The highest BCUT2D eigenvalue weighted by atomic mass is 35.5. The van der Waals surface area contributed by atoms with Gasteiger partial charge in [0, 0.05) is 16.8 Å². The van der Waals surface area contributed by atoms with Crippen LogP contribution < -0.4 is 10.6 Å². The van der Waals surface area contributed by atoms with Crippen LogP contribution in [0.1, 0.15) is 16.3 Å². The highest BCUT2D eigenvalue weighted by Crippen LogP contribution is 2.22. The molecule has 0 fully saturated rings. The molecule has 5 nitrogen and oxygen atoms in total. The average molecular weight is 373 g/mol. The zero-order chi connectivity index (χ0) is 17.8. The van der Waals surface area contributed by atoms with Gasteiger partial charge in [-0.25, -0.2) is 9.97 Å². The summed E-state index contributed by atoms with van der Waals surface area (Å²) in [5, 5.41) is 6.92. The van der Waals surface area contributed by atoms with E-state index in [0.29, 0.717) is 27.4 Å². The minimum Gasteiger partial charge on any atom is -0.340 e. The Hall–Kier alpha value is -2.63. The number of hydrogen-bond donors (Lipinski definition) is 2. The lowest BCUT2D eigenvalue weighted by Gasteiger charge is -2.10. The van der Waals surface area contributed by atoms with Crippen molar-refractivity contribution in [2.75, 3.05) is 10.6 Å². The van der Waals surface area contributed by atoms with E-state index >= 15 is 0 Å². The van der Waals surface area contributed by atoms with Gasteiger partial charge < -0.3 is 10.6 Å². The van der Waals surface area contributed by atoms with Crippen molar-refractivity contribution in [1.82, 2.24) is 9.97 Å². The van der Waals surface area contributed by atoms with Crippen LogP contribution in [-0.4, -0.2) is 15.9 Å². The molecule has 0 atom stereocenters. The van der Waals surface area contributed by atoms with Crippen molar-refractivity contribution in [3.05, 3.63) is 76.2 Å². The summed E-state index contributed by atoms with van der Waals surface area (Å²) in [5.74, 6) is 0.600. The Kier molecular flexibility index (Phi) is 5.16. The molecular formula is C18H14Cl2N4O. The molecule has 2 N–H and O–H groups in total. The smallest absolute Gasteiger partial charge is 0.274 e. The van der Waals surface area contributed by atoms with E-state index in [1.54, 1.807) is 49.4 Å². The summed E-state index contributed by atoms with van der Waals surface area (Å²) in [4.78, 5) is 20.9. The Labute approximate surface area is 155 Å². The van der Waals surface area contributed by atoms with Crippen molar-refractivity contribution < 1.29 is 4.79 Å². The van der Waals surface area contributed by atoms with E-state index in [0.717, 1.165) is 5.69 Å². The molecule has 0 aliphatic carbocycles. The van der Waals surface area contributed by atoms with Crippen molar-refractivity contribution in [3.8, 4) is 0 Å². The molecule has 1 aromatic heterocycles. The Morgan fingerprint density at radius 3 is 2.56 bits per heavy atom.